The second-order valence-corrected chi connectivity index (χ2v) is 8.17. The van der Waals surface area contributed by atoms with Crippen LogP contribution in [0.25, 0.3) is 0 Å². The van der Waals surface area contributed by atoms with Crippen LogP contribution in [0.3, 0.4) is 0 Å². The maximum absolute atomic E-state index is 9.98. The van der Waals surface area contributed by atoms with Crippen molar-refractivity contribution < 1.29 is 139 Å². The largest absolute Gasteiger partial charge is 3.00 e. The Hall–Kier alpha value is 2.92. The molecule has 0 saturated heterocycles. The maximum atomic E-state index is 9.98. The van der Waals surface area contributed by atoms with Gasteiger partial charge >= 0.3 is 83.5 Å². The first-order chi connectivity index (χ1) is 9.36. The van der Waals surface area contributed by atoms with Crippen molar-refractivity contribution in [3.63, 3.8) is 0 Å². The Bertz CT molecular complexity index is 191. The van der Waals surface area contributed by atoms with Crippen molar-refractivity contribution in [1.29, 1.82) is 0 Å². The Morgan fingerprint density at radius 2 is 0.478 bits per heavy atom. The van der Waals surface area contributed by atoms with E-state index in [0.29, 0.717) is 0 Å². The van der Waals surface area contributed by atoms with Gasteiger partial charge in [0.05, 0.1) is 0 Å². The SMILES string of the molecule is CO[Si]([O-])([O-])OC.CO[Si]([O-])([O-])OC.CO[Si]([O-])([O-])OC.[Ce+3].[Ce+3]. The second-order valence-electron chi connectivity index (χ2n) is 2.72. The van der Waals surface area contributed by atoms with Gasteiger partial charge in [0.1, 0.15) is 27.1 Å². The van der Waals surface area contributed by atoms with E-state index in [9.17, 15) is 28.8 Å². The molecular formula is C6H18Ce2O12Si3. The van der Waals surface area contributed by atoms with Crippen molar-refractivity contribution in [2.24, 2.45) is 0 Å². The van der Waals surface area contributed by atoms with Gasteiger partial charge in [-0.3, -0.25) is 0 Å². The predicted molar refractivity (Wildman–Crippen MR) is 59.3 cm³/mol. The van der Waals surface area contributed by atoms with Crippen LogP contribution in [-0.4, -0.2) is 69.8 Å². The Morgan fingerprint density at radius 3 is 0.478 bits per heavy atom. The van der Waals surface area contributed by atoms with Crippen molar-refractivity contribution >= 4 is 27.1 Å². The molecule has 134 valence electrons. The normalized spacial score (nSPS) is 11.0. The molecule has 0 aromatic rings. The predicted octanol–water partition coefficient (Wildman–Crippen LogP) is -7.69. The molecule has 0 aliphatic carbocycles. The molecule has 0 aromatic heterocycles. The summed E-state index contributed by atoms with van der Waals surface area (Å²) in [7, 11) is -6.15. The van der Waals surface area contributed by atoms with Gasteiger partial charge in [-0.25, -0.2) is 0 Å². The number of hydrogen-bond acceptors (Lipinski definition) is 12. The molecule has 0 aliphatic rings. The maximum Gasteiger partial charge on any atom is 3.00 e. The standard InChI is InChI=1S/3C2H6O4Si.2Ce/c3*1-5-7(3,4)6-2;;/h3*1-2H3;;/q3*-2;2*+3. The van der Waals surface area contributed by atoms with Crippen LogP contribution in [0, 0.1) is 83.5 Å². The summed E-state index contributed by atoms with van der Waals surface area (Å²) in [5, 5.41) is 0. The van der Waals surface area contributed by atoms with Gasteiger partial charge in [0, 0.05) is 42.7 Å². The molecule has 0 rings (SSSR count). The van der Waals surface area contributed by atoms with Crippen molar-refractivity contribution in [2.75, 3.05) is 42.7 Å². The molecule has 0 unspecified atom stereocenters. The van der Waals surface area contributed by atoms with Crippen LogP contribution in [0.2, 0.25) is 0 Å². The smallest absolute Gasteiger partial charge is 0.828 e. The van der Waals surface area contributed by atoms with E-state index < -0.39 is 27.1 Å². The van der Waals surface area contributed by atoms with Crippen molar-refractivity contribution in [3.8, 4) is 0 Å². The summed E-state index contributed by atoms with van der Waals surface area (Å²) in [4.78, 5) is 59.9. The van der Waals surface area contributed by atoms with Crippen molar-refractivity contribution in [1.82, 2.24) is 0 Å². The minimum atomic E-state index is -4.15. The first-order valence-corrected chi connectivity index (χ1v) is 9.80. The van der Waals surface area contributed by atoms with Gasteiger partial charge in [-0.1, -0.05) is 0 Å². The molecule has 0 amide bonds. The zero-order chi connectivity index (χ0) is 17.7. The summed E-state index contributed by atoms with van der Waals surface area (Å²) in [6, 6.07) is 0. The van der Waals surface area contributed by atoms with Crippen LogP contribution in [-0.2, 0) is 26.6 Å². The van der Waals surface area contributed by atoms with E-state index >= 15 is 0 Å². The Kier molecular flexibility index (Phi) is 31.5. The Balaban J connectivity index is -0.0000000675. The average molecular weight is 647 g/mol. The minimum absolute atomic E-state index is 0. The summed E-state index contributed by atoms with van der Waals surface area (Å²) >= 11 is 0. The second kappa shape index (κ2) is 19.7. The average Bonchev–Trinajstić information content (AvgIpc) is 2.48. The summed E-state index contributed by atoms with van der Waals surface area (Å²) in [5.41, 5.74) is 0. The van der Waals surface area contributed by atoms with Crippen LogP contribution >= 0.6 is 0 Å². The zero-order valence-corrected chi connectivity index (χ0v) is 22.7. The monoisotopic (exact) mass is 646 g/mol. The quantitative estimate of drug-likeness (QED) is 0.248. The molecule has 0 aliphatic heterocycles. The Labute approximate surface area is 205 Å². The third-order valence-electron chi connectivity index (χ3n) is 1.50. The van der Waals surface area contributed by atoms with Gasteiger partial charge in [0.25, 0.3) is 0 Å². The first-order valence-electron chi connectivity index (χ1n) is 4.90. The van der Waals surface area contributed by atoms with E-state index in [-0.39, 0.29) is 83.5 Å². The van der Waals surface area contributed by atoms with E-state index in [1.165, 1.54) is 0 Å². The summed E-state index contributed by atoms with van der Waals surface area (Å²) < 4.78 is 23.4. The molecule has 2 radical (unpaired) electrons. The molecule has 0 aromatic carbocycles. The van der Waals surface area contributed by atoms with Gasteiger partial charge in [0.15, 0.2) is 0 Å². The molecule has 0 heterocycles. The first kappa shape index (κ1) is 36.8. The van der Waals surface area contributed by atoms with Crippen molar-refractivity contribution in [2.45, 2.75) is 0 Å². The molecule has 0 atom stereocenters. The third kappa shape index (κ3) is 29.9. The van der Waals surface area contributed by atoms with E-state index in [1.807, 2.05) is 0 Å². The topological polar surface area (TPSA) is 194 Å². The van der Waals surface area contributed by atoms with Crippen LogP contribution in [0.1, 0.15) is 0 Å². The third-order valence-corrected chi connectivity index (χ3v) is 4.50. The van der Waals surface area contributed by atoms with Crippen LogP contribution in [0.15, 0.2) is 0 Å². The van der Waals surface area contributed by atoms with E-state index in [1.54, 1.807) is 0 Å². The van der Waals surface area contributed by atoms with Gasteiger partial charge in [-0.2, -0.15) is 0 Å². The molecule has 23 heavy (non-hydrogen) atoms. The summed E-state index contributed by atoms with van der Waals surface area (Å²) in [6.45, 7) is 0. The molecule has 12 nitrogen and oxygen atoms in total. The van der Waals surface area contributed by atoms with Gasteiger partial charge in [0.2, 0.25) is 0 Å². The van der Waals surface area contributed by atoms with Gasteiger partial charge in [-0.15, -0.1) is 0 Å². The Morgan fingerprint density at radius 1 is 0.391 bits per heavy atom. The summed E-state index contributed by atoms with van der Waals surface area (Å²) in [5.74, 6) is 0. The van der Waals surface area contributed by atoms with Crippen LogP contribution in [0.4, 0.5) is 0 Å². The van der Waals surface area contributed by atoms with E-state index in [4.69, 9.17) is 0 Å². The van der Waals surface area contributed by atoms with Crippen molar-refractivity contribution in [3.05, 3.63) is 0 Å². The van der Waals surface area contributed by atoms with Crippen LogP contribution in [0.5, 0.6) is 0 Å². The van der Waals surface area contributed by atoms with Gasteiger partial charge < -0.3 is 55.3 Å². The molecule has 17 heteroatoms. The molecule has 0 bridgehead atoms. The summed E-state index contributed by atoms with van der Waals surface area (Å²) in [6.07, 6.45) is 0. The molecule has 0 saturated carbocycles. The fourth-order valence-corrected chi connectivity index (χ4v) is 0.750. The van der Waals surface area contributed by atoms with Gasteiger partial charge in [-0.05, 0) is 0 Å². The van der Waals surface area contributed by atoms with Crippen LogP contribution < -0.4 is 28.8 Å². The van der Waals surface area contributed by atoms with E-state index in [2.05, 4.69) is 26.6 Å². The molecule has 0 spiro atoms. The fraction of sp³-hybridized carbons (Fsp3) is 1.00. The molecular weight excluding hydrogens is 629 g/mol. The van der Waals surface area contributed by atoms with E-state index in [0.717, 1.165) is 42.7 Å². The number of rotatable bonds is 6. The number of hydrogen-bond donors (Lipinski definition) is 0. The zero-order valence-electron chi connectivity index (χ0n) is 13.4. The minimum Gasteiger partial charge on any atom is -0.828 e. The molecule has 0 N–H and O–H groups in total. The molecule has 0 fully saturated rings. The fourth-order valence-electron chi connectivity index (χ4n) is 0.250.